The van der Waals surface area contributed by atoms with E-state index in [2.05, 4.69) is 27.6 Å². The molecule has 0 N–H and O–H groups in total. The Morgan fingerprint density at radius 1 is 1.44 bits per heavy atom. The van der Waals surface area contributed by atoms with Crippen molar-refractivity contribution in [3.05, 3.63) is 46.7 Å². The average molecular weight is 250 g/mol. The molecule has 3 heterocycles. The number of halogens is 1. The lowest BCUT2D eigenvalue weighted by Crippen LogP contribution is -1.96. The van der Waals surface area contributed by atoms with Crippen molar-refractivity contribution < 1.29 is 0 Å². The predicted octanol–water partition coefficient (Wildman–Crippen LogP) is 3.37. The summed E-state index contributed by atoms with van der Waals surface area (Å²) >= 11 is 7.79. The minimum atomic E-state index is 0.584. The Morgan fingerprint density at radius 2 is 2.38 bits per heavy atom. The molecule has 3 rings (SSSR count). The van der Waals surface area contributed by atoms with Gasteiger partial charge in [-0.05, 0) is 11.8 Å². The number of nitrogens with zero attached hydrogens (tertiary/aromatic N) is 3. The predicted molar refractivity (Wildman–Crippen MR) is 67.3 cm³/mol. The summed E-state index contributed by atoms with van der Waals surface area (Å²) in [6, 6.07) is 3.69. The first-order valence-corrected chi connectivity index (χ1v) is 6.13. The molecule has 0 atom stereocenters. The second-order valence-electron chi connectivity index (χ2n) is 3.36. The molecule has 3 nitrogen and oxygen atoms in total. The van der Waals surface area contributed by atoms with Gasteiger partial charge in [-0.2, -0.15) is 5.10 Å². The molecule has 2 aromatic heterocycles. The number of rotatable bonds is 1. The third-order valence-electron chi connectivity index (χ3n) is 2.30. The minimum absolute atomic E-state index is 0.584. The third-order valence-corrected chi connectivity index (χ3v) is 3.53. The highest BCUT2D eigenvalue weighted by Crippen LogP contribution is 2.32. The Balaban J connectivity index is 2.13. The van der Waals surface area contributed by atoms with Gasteiger partial charge < -0.3 is 0 Å². The first-order chi connectivity index (χ1) is 7.84. The Hall–Kier alpha value is -1.26. The molecule has 2 aromatic rings. The van der Waals surface area contributed by atoms with Gasteiger partial charge in [0.05, 0.1) is 11.9 Å². The molecule has 0 saturated heterocycles. The third kappa shape index (κ3) is 1.64. The fourth-order valence-electron chi connectivity index (χ4n) is 1.57. The minimum Gasteiger partial charge on any atom is -0.228 e. The molecule has 0 aromatic carbocycles. The van der Waals surface area contributed by atoms with Crippen molar-refractivity contribution in [2.45, 2.75) is 6.42 Å². The fourth-order valence-corrected chi connectivity index (χ4v) is 2.57. The fraction of sp³-hybridized carbons (Fsp3) is 0.0909. The number of allylic oxidation sites excluding steroid dienone is 2. The van der Waals surface area contributed by atoms with Crippen LogP contribution in [0.1, 0.15) is 12.1 Å². The number of fused-ring (bicyclic) bond motifs is 1. The first-order valence-electron chi connectivity index (χ1n) is 4.87. The summed E-state index contributed by atoms with van der Waals surface area (Å²) in [5.41, 5.74) is 1.69. The van der Waals surface area contributed by atoms with Crippen molar-refractivity contribution in [2.24, 2.45) is 0 Å². The van der Waals surface area contributed by atoms with Gasteiger partial charge in [0.15, 0.2) is 5.65 Å². The van der Waals surface area contributed by atoms with E-state index in [1.807, 2.05) is 12.1 Å². The maximum Gasteiger partial charge on any atom is 0.157 e. The van der Waals surface area contributed by atoms with E-state index in [9.17, 15) is 0 Å². The highest BCUT2D eigenvalue weighted by atomic mass is 35.5. The van der Waals surface area contributed by atoms with E-state index >= 15 is 0 Å². The highest BCUT2D eigenvalue weighted by molar-refractivity contribution is 8.10. The van der Waals surface area contributed by atoms with Crippen LogP contribution in [0.4, 0.5) is 0 Å². The second-order valence-corrected chi connectivity index (χ2v) is 4.69. The van der Waals surface area contributed by atoms with Gasteiger partial charge in [-0.1, -0.05) is 35.5 Å². The number of thioether (sulfide) groups is 1. The van der Waals surface area contributed by atoms with Gasteiger partial charge in [0.25, 0.3) is 0 Å². The summed E-state index contributed by atoms with van der Waals surface area (Å²) in [6.45, 7) is 0. The van der Waals surface area contributed by atoms with E-state index in [1.54, 1.807) is 22.5 Å². The number of aromatic nitrogens is 3. The maximum absolute atomic E-state index is 6.13. The van der Waals surface area contributed by atoms with Gasteiger partial charge in [-0.25, -0.2) is 9.50 Å². The van der Waals surface area contributed by atoms with Gasteiger partial charge in [-0.3, -0.25) is 0 Å². The van der Waals surface area contributed by atoms with Crippen molar-refractivity contribution in [1.82, 2.24) is 14.6 Å². The lowest BCUT2D eigenvalue weighted by molar-refractivity contribution is 0.937. The topological polar surface area (TPSA) is 30.2 Å². The molecule has 0 unspecified atom stereocenters. The smallest absolute Gasteiger partial charge is 0.157 e. The molecule has 0 spiro atoms. The largest absolute Gasteiger partial charge is 0.228 e. The Labute approximate surface area is 102 Å². The zero-order valence-corrected chi connectivity index (χ0v) is 9.87. The molecule has 1 aliphatic heterocycles. The van der Waals surface area contributed by atoms with E-state index in [0.29, 0.717) is 5.15 Å². The summed E-state index contributed by atoms with van der Waals surface area (Å²) in [4.78, 5) is 5.66. The van der Waals surface area contributed by atoms with Crippen LogP contribution < -0.4 is 0 Å². The van der Waals surface area contributed by atoms with Crippen LogP contribution in [0.3, 0.4) is 0 Å². The van der Waals surface area contributed by atoms with E-state index in [1.165, 1.54) is 0 Å². The standard InChI is InChI=1S/C11H8ClN3S/c12-10-7-8(9-3-1-2-6-16-9)14-11-4-5-13-15(10)11/h2-7H,1H2. The quantitative estimate of drug-likeness (QED) is 0.726. The lowest BCUT2D eigenvalue weighted by atomic mass is 10.3. The SMILES string of the molecule is Clc1cc(C2=CCC=CS2)nc2ccnn12. The van der Waals surface area contributed by atoms with Gasteiger partial charge >= 0.3 is 0 Å². The van der Waals surface area contributed by atoms with Crippen molar-refractivity contribution in [2.75, 3.05) is 0 Å². The van der Waals surface area contributed by atoms with E-state index in [0.717, 1.165) is 22.7 Å². The molecule has 1 aliphatic rings. The summed E-state index contributed by atoms with van der Waals surface area (Å²) in [5, 5.41) is 6.75. The normalized spacial score (nSPS) is 15.4. The van der Waals surface area contributed by atoms with Crippen molar-refractivity contribution in [3.63, 3.8) is 0 Å². The van der Waals surface area contributed by atoms with Gasteiger partial charge in [-0.15, -0.1) is 0 Å². The van der Waals surface area contributed by atoms with Crippen LogP contribution in [-0.2, 0) is 0 Å². The zero-order valence-electron chi connectivity index (χ0n) is 8.30. The van der Waals surface area contributed by atoms with Gasteiger partial charge in [0.2, 0.25) is 0 Å². The summed E-state index contributed by atoms with van der Waals surface area (Å²) in [5.74, 6) is 0. The molecule has 0 amide bonds. The molecular formula is C11H8ClN3S. The molecule has 0 aliphatic carbocycles. The number of hydrogen-bond donors (Lipinski definition) is 0. The summed E-state index contributed by atoms with van der Waals surface area (Å²) in [7, 11) is 0. The zero-order chi connectivity index (χ0) is 11.0. The van der Waals surface area contributed by atoms with Crippen LogP contribution in [0, 0.1) is 0 Å². The molecule has 16 heavy (non-hydrogen) atoms. The Bertz CT molecular complexity index is 600. The molecular weight excluding hydrogens is 242 g/mol. The Morgan fingerprint density at radius 3 is 3.19 bits per heavy atom. The van der Waals surface area contributed by atoms with E-state index in [4.69, 9.17) is 11.6 Å². The monoisotopic (exact) mass is 249 g/mol. The first kappa shape index (κ1) is 9.93. The molecule has 80 valence electrons. The lowest BCUT2D eigenvalue weighted by Gasteiger charge is -2.08. The molecule has 0 bridgehead atoms. The maximum atomic E-state index is 6.13. The average Bonchev–Trinajstić information content (AvgIpc) is 2.79. The van der Waals surface area contributed by atoms with Crippen molar-refractivity contribution in [3.8, 4) is 0 Å². The highest BCUT2D eigenvalue weighted by Gasteiger charge is 2.09. The second kappa shape index (κ2) is 3.96. The van der Waals surface area contributed by atoms with Crippen LogP contribution in [-0.4, -0.2) is 14.6 Å². The molecule has 0 saturated carbocycles. The van der Waals surface area contributed by atoms with Crippen molar-refractivity contribution in [1.29, 1.82) is 0 Å². The number of hydrogen-bond acceptors (Lipinski definition) is 3. The van der Waals surface area contributed by atoms with E-state index in [-0.39, 0.29) is 0 Å². The van der Waals surface area contributed by atoms with Crippen LogP contribution in [0.5, 0.6) is 0 Å². The molecule has 5 heteroatoms. The summed E-state index contributed by atoms with van der Waals surface area (Å²) < 4.78 is 1.62. The van der Waals surface area contributed by atoms with Crippen LogP contribution in [0.2, 0.25) is 5.15 Å². The van der Waals surface area contributed by atoms with E-state index < -0.39 is 0 Å². The molecule has 0 fully saturated rings. The van der Waals surface area contributed by atoms with Crippen LogP contribution in [0.25, 0.3) is 10.6 Å². The molecule has 0 radical (unpaired) electrons. The van der Waals surface area contributed by atoms with Crippen LogP contribution in [0.15, 0.2) is 35.9 Å². The summed E-state index contributed by atoms with van der Waals surface area (Å²) in [6.07, 6.45) is 6.91. The van der Waals surface area contributed by atoms with Crippen molar-refractivity contribution >= 4 is 33.9 Å². The van der Waals surface area contributed by atoms with Gasteiger partial charge in [0, 0.05) is 17.0 Å². The van der Waals surface area contributed by atoms with Gasteiger partial charge in [0.1, 0.15) is 5.15 Å². The Kier molecular flexibility index (Phi) is 2.46. The van der Waals surface area contributed by atoms with Crippen LogP contribution >= 0.6 is 23.4 Å².